The van der Waals surface area contributed by atoms with Gasteiger partial charge in [0.2, 0.25) is 0 Å². The molecule has 1 N–H and O–H groups in total. The van der Waals surface area contributed by atoms with E-state index in [1.807, 2.05) is 38.2 Å². The van der Waals surface area contributed by atoms with Crippen LogP contribution in [0, 0.1) is 5.92 Å². The zero-order valence-electron chi connectivity index (χ0n) is 13.1. The second-order valence-electron chi connectivity index (χ2n) is 6.27. The Kier molecular flexibility index (Phi) is 3.91. The predicted molar refractivity (Wildman–Crippen MR) is 82.6 cm³/mol. The maximum atomic E-state index is 12.6. The first kappa shape index (κ1) is 15.0. The summed E-state index contributed by atoms with van der Waals surface area (Å²) in [5, 5.41) is 3.15. The van der Waals surface area contributed by atoms with Crippen molar-refractivity contribution in [2.75, 3.05) is 26.7 Å². The SMILES string of the molecule is CCOC(=O)C1CN(C)CC12CCc1ccccc1C(=O)N2. The number of hydrogen-bond donors (Lipinski definition) is 1. The monoisotopic (exact) mass is 302 g/mol. The van der Waals surface area contributed by atoms with Crippen LogP contribution in [-0.2, 0) is 16.0 Å². The van der Waals surface area contributed by atoms with Crippen LogP contribution >= 0.6 is 0 Å². The van der Waals surface area contributed by atoms with Crippen LogP contribution in [0.1, 0.15) is 29.3 Å². The largest absolute Gasteiger partial charge is 0.466 e. The number of nitrogens with one attached hydrogen (secondary N) is 1. The molecule has 0 saturated carbocycles. The van der Waals surface area contributed by atoms with Crippen molar-refractivity contribution in [2.24, 2.45) is 5.92 Å². The van der Waals surface area contributed by atoms with Crippen molar-refractivity contribution in [2.45, 2.75) is 25.3 Å². The lowest BCUT2D eigenvalue weighted by Gasteiger charge is -2.33. The van der Waals surface area contributed by atoms with Gasteiger partial charge in [0, 0.05) is 18.7 Å². The number of carbonyl (C=O) groups excluding carboxylic acids is 2. The van der Waals surface area contributed by atoms with Gasteiger partial charge in [-0.25, -0.2) is 0 Å². The molecule has 1 fully saturated rings. The second-order valence-corrected chi connectivity index (χ2v) is 6.27. The highest BCUT2D eigenvalue weighted by atomic mass is 16.5. The second kappa shape index (κ2) is 5.72. The Morgan fingerprint density at radius 2 is 2.23 bits per heavy atom. The molecule has 1 amide bonds. The van der Waals surface area contributed by atoms with E-state index < -0.39 is 5.54 Å². The topological polar surface area (TPSA) is 58.6 Å². The van der Waals surface area contributed by atoms with Crippen LogP contribution in [0.2, 0.25) is 0 Å². The van der Waals surface area contributed by atoms with E-state index >= 15 is 0 Å². The molecule has 5 heteroatoms. The maximum Gasteiger partial charge on any atom is 0.312 e. The number of aryl methyl sites for hydroxylation is 1. The van der Waals surface area contributed by atoms with Crippen LogP contribution in [0.3, 0.4) is 0 Å². The first-order valence-electron chi connectivity index (χ1n) is 7.81. The van der Waals surface area contributed by atoms with Gasteiger partial charge in [-0.15, -0.1) is 0 Å². The first-order chi connectivity index (χ1) is 10.6. The number of nitrogens with zero attached hydrogens (tertiary/aromatic N) is 1. The summed E-state index contributed by atoms with van der Waals surface area (Å²) >= 11 is 0. The summed E-state index contributed by atoms with van der Waals surface area (Å²) in [7, 11) is 1.98. The fourth-order valence-electron chi connectivity index (χ4n) is 3.74. The smallest absolute Gasteiger partial charge is 0.312 e. The summed E-state index contributed by atoms with van der Waals surface area (Å²) in [6.07, 6.45) is 1.54. The lowest BCUT2D eigenvalue weighted by atomic mass is 9.82. The van der Waals surface area contributed by atoms with Gasteiger partial charge in [-0.1, -0.05) is 18.2 Å². The van der Waals surface area contributed by atoms with Gasteiger partial charge in [-0.3, -0.25) is 9.59 Å². The zero-order valence-corrected chi connectivity index (χ0v) is 13.1. The maximum absolute atomic E-state index is 12.6. The molecule has 0 aromatic heterocycles. The number of benzene rings is 1. The first-order valence-corrected chi connectivity index (χ1v) is 7.81. The molecule has 2 atom stereocenters. The molecule has 0 bridgehead atoms. The molecule has 1 aromatic carbocycles. The van der Waals surface area contributed by atoms with Crippen molar-refractivity contribution < 1.29 is 14.3 Å². The quantitative estimate of drug-likeness (QED) is 0.835. The Morgan fingerprint density at radius 1 is 1.45 bits per heavy atom. The normalized spacial score (nSPS) is 28.1. The number of hydrogen-bond acceptors (Lipinski definition) is 4. The highest BCUT2D eigenvalue weighted by Gasteiger charge is 2.51. The zero-order chi connectivity index (χ0) is 15.7. The van der Waals surface area contributed by atoms with E-state index in [0.29, 0.717) is 19.7 Å². The molecule has 2 heterocycles. The average molecular weight is 302 g/mol. The number of amides is 1. The van der Waals surface area contributed by atoms with Gasteiger partial charge in [0.05, 0.1) is 18.1 Å². The number of ether oxygens (including phenoxy) is 1. The molecule has 2 aliphatic heterocycles. The van der Waals surface area contributed by atoms with Gasteiger partial charge in [0.15, 0.2) is 0 Å². The van der Waals surface area contributed by atoms with E-state index in [9.17, 15) is 9.59 Å². The Labute approximate surface area is 130 Å². The highest BCUT2D eigenvalue weighted by Crippen LogP contribution is 2.35. The molecule has 5 nitrogen and oxygen atoms in total. The van der Waals surface area contributed by atoms with Crippen LogP contribution in [0.4, 0.5) is 0 Å². The van der Waals surface area contributed by atoms with Crippen molar-refractivity contribution in [1.29, 1.82) is 0 Å². The van der Waals surface area contributed by atoms with E-state index in [1.54, 1.807) is 0 Å². The number of carbonyl (C=O) groups is 2. The van der Waals surface area contributed by atoms with Crippen molar-refractivity contribution in [3.05, 3.63) is 35.4 Å². The molecular weight excluding hydrogens is 280 g/mol. The average Bonchev–Trinajstić information content (AvgIpc) is 2.74. The third-order valence-electron chi connectivity index (χ3n) is 4.75. The Bertz CT molecular complexity index is 601. The fraction of sp³-hybridized carbons (Fsp3) is 0.529. The molecule has 118 valence electrons. The van der Waals surface area contributed by atoms with Gasteiger partial charge >= 0.3 is 5.97 Å². The third kappa shape index (κ3) is 2.50. The fourth-order valence-corrected chi connectivity index (χ4v) is 3.74. The van der Waals surface area contributed by atoms with Crippen LogP contribution in [-0.4, -0.2) is 49.1 Å². The van der Waals surface area contributed by atoms with E-state index in [2.05, 4.69) is 10.2 Å². The summed E-state index contributed by atoms with van der Waals surface area (Å²) < 4.78 is 5.24. The molecule has 1 aromatic rings. The van der Waals surface area contributed by atoms with Gasteiger partial charge in [0.1, 0.15) is 0 Å². The number of rotatable bonds is 2. The van der Waals surface area contributed by atoms with Crippen molar-refractivity contribution in [3.8, 4) is 0 Å². The minimum absolute atomic E-state index is 0.0855. The molecule has 2 unspecified atom stereocenters. The van der Waals surface area contributed by atoms with Crippen molar-refractivity contribution in [1.82, 2.24) is 10.2 Å². The lowest BCUT2D eigenvalue weighted by Crippen LogP contribution is -2.56. The van der Waals surface area contributed by atoms with Crippen molar-refractivity contribution >= 4 is 11.9 Å². The standard InChI is InChI=1S/C17H22N2O3/c1-3-22-16(21)14-10-19(2)11-17(14)9-8-12-6-4-5-7-13(12)15(20)18-17/h4-7,14H,3,8-11H2,1-2H3,(H,18,20). The van der Waals surface area contributed by atoms with Crippen molar-refractivity contribution in [3.63, 3.8) is 0 Å². The molecule has 2 aliphatic rings. The van der Waals surface area contributed by atoms with Gasteiger partial charge in [-0.05, 0) is 38.4 Å². The Hall–Kier alpha value is -1.88. The Balaban J connectivity index is 1.93. The van der Waals surface area contributed by atoms with Crippen LogP contribution in [0.5, 0.6) is 0 Å². The van der Waals surface area contributed by atoms with Gasteiger partial charge in [-0.2, -0.15) is 0 Å². The van der Waals surface area contributed by atoms with E-state index in [-0.39, 0.29) is 17.8 Å². The minimum Gasteiger partial charge on any atom is -0.466 e. The highest BCUT2D eigenvalue weighted by molar-refractivity contribution is 5.97. The number of fused-ring (bicyclic) bond motifs is 1. The van der Waals surface area contributed by atoms with E-state index in [0.717, 1.165) is 24.0 Å². The van der Waals surface area contributed by atoms with Gasteiger partial charge in [0.25, 0.3) is 5.91 Å². The molecular formula is C17H22N2O3. The molecule has 0 radical (unpaired) electrons. The minimum atomic E-state index is -0.531. The third-order valence-corrected chi connectivity index (χ3v) is 4.75. The predicted octanol–water partition coefficient (Wildman–Crippen LogP) is 1.23. The van der Waals surface area contributed by atoms with Crippen LogP contribution in [0.25, 0.3) is 0 Å². The van der Waals surface area contributed by atoms with Crippen LogP contribution < -0.4 is 5.32 Å². The van der Waals surface area contributed by atoms with E-state index in [1.165, 1.54) is 0 Å². The molecule has 1 spiro atoms. The lowest BCUT2D eigenvalue weighted by molar-refractivity contribution is -0.149. The van der Waals surface area contributed by atoms with Gasteiger partial charge < -0.3 is 15.0 Å². The number of esters is 1. The van der Waals surface area contributed by atoms with E-state index in [4.69, 9.17) is 4.74 Å². The molecule has 22 heavy (non-hydrogen) atoms. The number of likely N-dealkylation sites (N-methyl/N-ethyl adjacent to an activating group) is 1. The van der Waals surface area contributed by atoms with Crippen LogP contribution in [0.15, 0.2) is 24.3 Å². The molecule has 1 saturated heterocycles. The molecule has 3 rings (SSSR count). The molecule has 0 aliphatic carbocycles. The summed E-state index contributed by atoms with van der Waals surface area (Å²) in [5.41, 5.74) is 1.24. The summed E-state index contributed by atoms with van der Waals surface area (Å²) in [6, 6.07) is 7.67. The Morgan fingerprint density at radius 3 is 3.00 bits per heavy atom. The summed E-state index contributed by atoms with van der Waals surface area (Å²) in [5.74, 6) is -0.605. The number of likely N-dealkylation sites (tertiary alicyclic amines) is 1. The summed E-state index contributed by atoms with van der Waals surface area (Å²) in [4.78, 5) is 27.1. The summed E-state index contributed by atoms with van der Waals surface area (Å²) in [6.45, 7) is 3.47.